The lowest BCUT2D eigenvalue weighted by Gasteiger charge is -2.19. The first-order valence-corrected chi connectivity index (χ1v) is 5.20. The van der Waals surface area contributed by atoms with E-state index in [0.29, 0.717) is 11.1 Å². The maximum absolute atomic E-state index is 11.6. The van der Waals surface area contributed by atoms with Crippen molar-refractivity contribution in [3.05, 3.63) is 35.4 Å². The first-order valence-electron chi connectivity index (χ1n) is 4.83. The summed E-state index contributed by atoms with van der Waals surface area (Å²) in [7, 11) is 0. The standard InChI is InChI=1S/C12H13ClO3/c1-12(2,3)16-11(15)9-6-4-8(5-7-9)10(13)14/h4-7H,1-3H3. The van der Waals surface area contributed by atoms with Crippen LogP contribution in [0, 0.1) is 0 Å². The van der Waals surface area contributed by atoms with Crippen molar-refractivity contribution in [2.45, 2.75) is 26.4 Å². The van der Waals surface area contributed by atoms with E-state index >= 15 is 0 Å². The molecular formula is C12H13ClO3. The molecule has 0 saturated heterocycles. The Bertz CT molecular complexity index is 401. The molecule has 0 spiro atoms. The second kappa shape index (κ2) is 4.66. The number of esters is 1. The van der Waals surface area contributed by atoms with Crippen LogP contribution in [0.1, 0.15) is 41.5 Å². The average molecular weight is 241 g/mol. The summed E-state index contributed by atoms with van der Waals surface area (Å²) in [5.41, 5.74) is 0.225. The van der Waals surface area contributed by atoms with Crippen molar-refractivity contribution in [2.24, 2.45) is 0 Å². The van der Waals surface area contributed by atoms with E-state index in [-0.39, 0.29) is 0 Å². The molecule has 0 N–H and O–H groups in total. The second-order valence-corrected chi connectivity index (χ2v) is 4.70. The molecule has 1 rings (SSSR count). The minimum atomic E-state index is -0.546. The highest BCUT2D eigenvalue weighted by atomic mass is 35.5. The third-order valence-corrected chi connectivity index (χ3v) is 1.96. The molecule has 86 valence electrons. The molecule has 4 heteroatoms. The van der Waals surface area contributed by atoms with Crippen molar-refractivity contribution < 1.29 is 14.3 Å². The zero-order valence-electron chi connectivity index (χ0n) is 9.41. The van der Waals surface area contributed by atoms with Crippen LogP contribution in [-0.4, -0.2) is 16.8 Å². The molecule has 0 amide bonds. The Kier molecular flexibility index (Phi) is 3.70. The summed E-state index contributed by atoms with van der Waals surface area (Å²) in [6, 6.07) is 6.02. The summed E-state index contributed by atoms with van der Waals surface area (Å²) in [4.78, 5) is 22.4. The van der Waals surface area contributed by atoms with Crippen LogP contribution in [0.3, 0.4) is 0 Å². The Morgan fingerprint density at radius 3 is 1.88 bits per heavy atom. The third kappa shape index (κ3) is 3.66. The van der Waals surface area contributed by atoms with Gasteiger partial charge in [0.05, 0.1) is 5.56 Å². The van der Waals surface area contributed by atoms with E-state index in [1.165, 1.54) is 24.3 Å². The van der Waals surface area contributed by atoms with Crippen LogP contribution in [0.15, 0.2) is 24.3 Å². The molecule has 0 aliphatic heterocycles. The summed E-state index contributed by atoms with van der Waals surface area (Å²) in [6.45, 7) is 5.38. The normalized spacial score (nSPS) is 11.0. The van der Waals surface area contributed by atoms with Gasteiger partial charge in [0, 0.05) is 5.56 Å². The molecule has 0 radical (unpaired) electrons. The van der Waals surface area contributed by atoms with Crippen LogP contribution in [0.2, 0.25) is 0 Å². The van der Waals surface area contributed by atoms with Crippen molar-refractivity contribution in [3.8, 4) is 0 Å². The minimum Gasteiger partial charge on any atom is -0.456 e. The van der Waals surface area contributed by atoms with Crippen LogP contribution >= 0.6 is 11.6 Å². The lowest BCUT2D eigenvalue weighted by molar-refractivity contribution is 0.00694. The van der Waals surface area contributed by atoms with Gasteiger partial charge in [0.1, 0.15) is 5.60 Å². The fourth-order valence-electron chi connectivity index (χ4n) is 1.07. The van der Waals surface area contributed by atoms with Crippen LogP contribution in [0.5, 0.6) is 0 Å². The molecule has 0 atom stereocenters. The average Bonchev–Trinajstić information content (AvgIpc) is 2.15. The summed E-state index contributed by atoms with van der Waals surface area (Å²) < 4.78 is 5.17. The van der Waals surface area contributed by atoms with Gasteiger partial charge in [0.25, 0.3) is 5.24 Å². The summed E-state index contributed by atoms with van der Waals surface area (Å²) >= 11 is 5.29. The molecule has 0 saturated carbocycles. The maximum atomic E-state index is 11.6. The quantitative estimate of drug-likeness (QED) is 0.590. The Morgan fingerprint density at radius 1 is 1.06 bits per heavy atom. The molecule has 0 aromatic heterocycles. The van der Waals surface area contributed by atoms with Gasteiger partial charge in [0.15, 0.2) is 0 Å². The number of carbonyl (C=O) groups excluding carboxylic acids is 2. The molecule has 1 aromatic rings. The molecule has 1 aromatic carbocycles. The zero-order valence-corrected chi connectivity index (χ0v) is 10.2. The van der Waals surface area contributed by atoms with Crippen LogP contribution < -0.4 is 0 Å². The summed E-state index contributed by atoms with van der Waals surface area (Å²) in [5, 5.41) is -0.546. The van der Waals surface area contributed by atoms with Gasteiger partial charge < -0.3 is 4.74 Å². The zero-order chi connectivity index (χ0) is 12.3. The van der Waals surface area contributed by atoms with Crippen LogP contribution in [0.25, 0.3) is 0 Å². The Labute approximate surface area is 99.4 Å². The number of ether oxygens (including phenoxy) is 1. The monoisotopic (exact) mass is 240 g/mol. The van der Waals surface area contributed by atoms with E-state index in [1.807, 2.05) is 0 Å². The van der Waals surface area contributed by atoms with Gasteiger partial charge in [-0.05, 0) is 56.6 Å². The highest BCUT2D eigenvalue weighted by Crippen LogP contribution is 2.13. The second-order valence-electron chi connectivity index (χ2n) is 4.35. The van der Waals surface area contributed by atoms with Gasteiger partial charge in [-0.15, -0.1) is 0 Å². The van der Waals surface area contributed by atoms with Gasteiger partial charge in [-0.3, -0.25) is 4.79 Å². The maximum Gasteiger partial charge on any atom is 0.338 e. The number of hydrogen-bond acceptors (Lipinski definition) is 3. The molecule has 0 aliphatic rings. The Morgan fingerprint density at radius 2 is 1.50 bits per heavy atom. The third-order valence-electron chi connectivity index (χ3n) is 1.75. The largest absolute Gasteiger partial charge is 0.456 e. The molecule has 0 fully saturated rings. The molecule has 16 heavy (non-hydrogen) atoms. The number of halogens is 1. The molecule has 0 bridgehead atoms. The van der Waals surface area contributed by atoms with Gasteiger partial charge in [-0.25, -0.2) is 4.79 Å². The molecule has 0 unspecified atom stereocenters. The molecule has 0 heterocycles. The fourth-order valence-corrected chi connectivity index (χ4v) is 1.20. The Balaban J connectivity index is 2.82. The van der Waals surface area contributed by atoms with E-state index < -0.39 is 16.8 Å². The lowest BCUT2D eigenvalue weighted by atomic mass is 10.1. The highest BCUT2D eigenvalue weighted by molar-refractivity contribution is 6.67. The van der Waals surface area contributed by atoms with E-state index in [4.69, 9.17) is 16.3 Å². The SMILES string of the molecule is CC(C)(C)OC(=O)c1ccc(C(=O)Cl)cc1. The van der Waals surface area contributed by atoms with E-state index in [9.17, 15) is 9.59 Å². The van der Waals surface area contributed by atoms with Crippen molar-refractivity contribution in [3.63, 3.8) is 0 Å². The number of benzene rings is 1. The lowest BCUT2D eigenvalue weighted by Crippen LogP contribution is -2.23. The number of carbonyl (C=O) groups is 2. The van der Waals surface area contributed by atoms with Crippen molar-refractivity contribution >= 4 is 22.8 Å². The predicted octanol–water partition coefficient (Wildman–Crippen LogP) is 3.02. The van der Waals surface area contributed by atoms with Gasteiger partial charge in [-0.1, -0.05) is 0 Å². The van der Waals surface area contributed by atoms with Crippen molar-refractivity contribution in [2.75, 3.05) is 0 Å². The van der Waals surface area contributed by atoms with E-state index in [1.54, 1.807) is 20.8 Å². The van der Waals surface area contributed by atoms with Crippen LogP contribution in [-0.2, 0) is 4.74 Å². The van der Waals surface area contributed by atoms with Crippen molar-refractivity contribution in [1.82, 2.24) is 0 Å². The smallest absolute Gasteiger partial charge is 0.338 e. The summed E-state index contributed by atoms with van der Waals surface area (Å²) in [5.74, 6) is -0.416. The van der Waals surface area contributed by atoms with Gasteiger partial charge in [0.2, 0.25) is 0 Å². The molecule has 3 nitrogen and oxygen atoms in total. The first-order chi connectivity index (χ1) is 7.29. The number of hydrogen-bond donors (Lipinski definition) is 0. The first kappa shape index (κ1) is 12.7. The molecular weight excluding hydrogens is 228 g/mol. The fraction of sp³-hybridized carbons (Fsp3) is 0.333. The van der Waals surface area contributed by atoms with Crippen LogP contribution in [0.4, 0.5) is 0 Å². The molecule has 0 aliphatic carbocycles. The topological polar surface area (TPSA) is 43.4 Å². The predicted molar refractivity (Wildman–Crippen MR) is 61.8 cm³/mol. The van der Waals surface area contributed by atoms with E-state index in [2.05, 4.69) is 0 Å². The van der Waals surface area contributed by atoms with Crippen molar-refractivity contribution in [1.29, 1.82) is 0 Å². The van der Waals surface area contributed by atoms with E-state index in [0.717, 1.165) is 0 Å². The highest BCUT2D eigenvalue weighted by Gasteiger charge is 2.17. The van der Waals surface area contributed by atoms with Gasteiger partial charge in [-0.2, -0.15) is 0 Å². The summed E-state index contributed by atoms with van der Waals surface area (Å²) in [6.07, 6.45) is 0. The Hall–Kier alpha value is -1.35. The van der Waals surface area contributed by atoms with Gasteiger partial charge >= 0.3 is 5.97 Å². The minimum absolute atomic E-state index is 0.356. The number of rotatable bonds is 2.